The summed E-state index contributed by atoms with van der Waals surface area (Å²) in [4.78, 5) is 9.26. The summed E-state index contributed by atoms with van der Waals surface area (Å²) in [5.41, 5.74) is 8.75. The molecular formula is C14H16N4S. The van der Waals surface area contributed by atoms with Crippen molar-refractivity contribution in [2.45, 2.75) is 26.4 Å². The summed E-state index contributed by atoms with van der Waals surface area (Å²) in [6.07, 6.45) is 1.07. The summed E-state index contributed by atoms with van der Waals surface area (Å²) >= 11 is 1.59. The number of benzene rings is 1. The second kappa shape index (κ2) is 5.11. The van der Waals surface area contributed by atoms with Gasteiger partial charge in [0.15, 0.2) is 5.82 Å². The summed E-state index contributed by atoms with van der Waals surface area (Å²) in [7, 11) is 0. The van der Waals surface area contributed by atoms with E-state index < -0.39 is 0 Å². The van der Waals surface area contributed by atoms with Gasteiger partial charge in [-0.2, -0.15) is 0 Å². The molecule has 0 bridgehead atoms. The fourth-order valence-corrected chi connectivity index (χ4v) is 2.88. The van der Waals surface area contributed by atoms with Crippen molar-refractivity contribution in [3.05, 3.63) is 34.7 Å². The summed E-state index contributed by atoms with van der Waals surface area (Å²) in [6, 6.07) is 8.22. The fraction of sp³-hybridized carbons (Fsp3) is 0.286. The SMILES string of the molecule is CCCn1c(-c2csc(CN)n2)nc2ccccc21. The lowest BCUT2D eigenvalue weighted by atomic mass is 10.3. The van der Waals surface area contributed by atoms with E-state index in [9.17, 15) is 0 Å². The van der Waals surface area contributed by atoms with Gasteiger partial charge in [0.2, 0.25) is 0 Å². The van der Waals surface area contributed by atoms with Gasteiger partial charge in [0.1, 0.15) is 10.7 Å². The minimum atomic E-state index is 0.485. The maximum atomic E-state index is 5.63. The van der Waals surface area contributed by atoms with Gasteiger partial charge in [0.25, 0.3) is 0 Å². The van der Waals surface area contributed by atoms with Gasteiger partial charge >= 0.3 is 0 Å². The molecule has 2 aromatic heterocycles. The third-order valence-electron chi connectivity index (χ3n) is 3.06. The average Bonchev–Trinajstić information content (AvgIpc) is 3.04. The molecule has 0 radical (unpaired) electrons. The highest BCUT2D eigenvalue weighted by molar-refractivity contribution is 7.09. The number of nitrogens with zero attached hydrogens (tertiary/aromatic N) is 3. The standard InChI is InChI=1S/C14H16N4S/c1-2-7-18-12-6-4-3-5-10(12)17-14(18)11-9-19-13(8-15)16-11/h3-6,9H,2,7-8,15H2,1H3. The second-order valence-corrected chi connectivity index (χ2v) is 5.35. The molecule has 0 aliphatic heterocycles. The van der Waals surface area contributed by atoms with E-state index in [1.807, 2.05) is 23.6 Å². The predicted molar refractivity (Wildman–Crippen MR) is 79.0 cm³/mol. The quantitative estimate of drug-likeness (QED) is 0.794. The molecule has 0 unspecified atom stereocenters. The normalized spacial score (nSPS) is 11.3. The molecule has 98 valence electrons. The molecule has 0 fully saturated rings. The first-order chi connectivity index (χ1) is 9.33. The van der Waals surface area contributed by atoms with Crippen LogP contribution in [0.3, 0.4) is 0 Å². The first-order valence-corrected chi connectivity index (χ1v) is 7.31. The number of hydrogen-bond donors (Lipinski definition) is 1. The molecule has 0 amide bonds. The molecule has 2 heterocycles. The van der Waals surface area contributed by atoms with E-state index in [2.05, 4.69) is 22.5 Å². The molecule has 0 aliphatic carbocycles. The number of nitrogens with two attached hydrogens (primary N) is 1. The fourth-order valence-electron chi connectivity index (χ4n) is 2.23. The van der Waals surface area contributed by atoms with Gasteiger partial charge in [-0.1, -0.05) is 19.1 Å². The minimum Gasteiger partial charge on any atom is -0.325 e. The molecule has 4 nitrogen and oxygen atoms in total. The van der Waals surface area contributed by atoms with Crippen molar-refractivity contribution < 1.29 is 0 Å². The lowest BCUT2D eigenvalue weighted by Crippen LogP contribution is -2.00. The van der Waals surface area contributed by atoms with E-state index in [1.54, 1.807) is 11.3 Å². The van der Waals surface area contributed by atoms with Crippen molar-refractivity contribution in [2.24, 2.45) is 5.73 Å². The van der Waals surface area contributed by atoms with Crippen molar-refractivity contribution in [1.82, 2.24) is 14.5 Å². The lowest BCUT2D eigenvalue weighted by Gasteiger charge is -2.05. The van der Waals surface area contributed by atoms with Gasteiger partial charge in [-0.05, 0) is 18.6 Å². The number of thiazole rings is 1. The molecule has 0 saturated carbocycles. The van der Waals surface area contributed by atoms with Crippen LogP contribution in [0.15, 0.2) is 29.6 Å². The van der Waals surface area contributed by atoms with E-state index in [1.165, 1.54) is 5.52 Å². The highest BCUT2D eigenvalue weighted by Gasteiger charge is 2.14. The van der Waals surface area contributed by atoms with Crippen molar-refractivity contribution in [2.75, 3.05) is 0 Å². The van der Waals surface area contributed by atoms with E-state index in [4.69, 9.17) is 10.7 Å². The van der Waals surface area contributed by atoms with Crippen molar-refractivity contribution in [1.29, 1.82) is 0 Å². The molecule has 2 N–H and O–H groups in total. The molecule has 1 aromatic carbocycles. The predicted octanol–water partition coefficient (Wildman–Crippen LogP) is 3.03. The second-order valence-electron chi connectivity index (χ2n) is 4.41. The maximum absolute atomic E-state index is 5.63. The molecule has 5 heteroatoms. The van der Waals surface area contributed by atoms with Crippen LogP contribution in [0.5, 0.6) is 0 Å². The Morgan fingerprint density at radius 2 is 2.11 bits per heavy atom. The van der Waals surface area contributed by atoms with Crippen LogP contribution in [-0.2, 0) is 13.1 Å². The summed E-state index contributed by atoms with van der Waals surface area (Å²) in [5, 5.41) is 2.99. The first kappa shape index (κ1) is 12.3. The van der Waals surface area contributed by atoms with Crippen LogP contribution in [0.4, 0.5) is 0 Å². The van der Waals surface area contributed by atoms with Crippen molar-refractivity contribution >= 4 is 22.4 Å². The number of rotatable bonds is 4. The zero-order valence-electron chi connectivity index (χ0n) is 10.8. The summed E-state index contributed by atoms with van der Waals surface area (Å²) < 4.78 is 2.24. The van der Waals surface area contributed by atoms with Crippen LogP contribution in [0, 0.1) is 0 Å². The van der Waals surface area contributed by atoms with Crippen molar-refractivity contribution in [3.63, 3.8) is 0 Å². The topological polar surface area (TPSA) is 56.7 Å². The number of imidazole rings is 1. The smallest absolute Gasteiger partial charge is 0.160 e. The van der Waals surface area contributed by atoms with E-state index >= 15 is 0 Å². The molecule has 3 aromatic rings. The third-order valence-corrected chi connectivity index (χ3v) is 3.93. The maximum Gasteiger partial charge on any atom is 0.160 e. The number of aromatic nitrogens is 3. The Morgan fingerprint density at radius 1 is 1.26 bits per heavy atom. The Labute approximate surface area is 115 Å². The molecular weight excluding hydrogens is 256 g/mol. The highest BCUT2D eigenvalue weighted by atomic mass is 32.1. The van der Waals surface area contributed by atoms with Crippen molar-refractivity contribution in [3.8, 4) is 11.5 Å². The zero-order valence-corrected chi connectivity index (χ0v) is 11.7. The Balaban J connectivity index is 2.18. The first-order valence-electron chi connectivity index (χ1n) is 6.43. The largest absolute Gasteiger partial charge is 0.325 e. The number of fused-ring (bicyclic) bond motifs is 1. The average molecular weight is 272 g/mol. The van der Waals surface area contributed by atoms with Gasteiger partial charge < -0.3 is 10.3 Å². The number of aryl methyl sites for hydroxylation is 1. The van der Waals surface area contributed by atoms with Crippen LogP contribution >= 0.6 is 11.3 Å². The van der Waals surface area contributed by atoms with Crippen LogP contribution < -0.4 is 5.73 Å². The summed E-state index contributed by atoms with van der Waals surface area (Å²) in [5.74, 6) is 0.944. The summed E-state index contributed by atoms with van der Waals surface area (Å²) in [6.45, 7) is 3.61. The Hall–Kier alpha value is -1.72. The van der Waals surface area contributed by atoms with Crippen LogP contribution in [0.1, 0.15) is 18.4 Å². The molecule has 0 aliphatic rings. The van der Waals surface area contributed by atoms with Crippen LogP contribution in [0.25, 0.3) is 22.6 Å². The Kier molecular flexibility index (Phi) is 3.31. The highest BCUT2D eigenvalue weighted by Crippen LogP contribution is 2.26. The van der Waals surface area contributed by atoms with E-state index in [-0.39, 0.29) is 0 Å². The van der Waals surface area contributed by atoms with Gasteiger partial charge in [0, 0.05) is 18.5 Å². The monoisotopic (exact) mass is 272 g/mol. The van der Waals surface area contributed by atoms with E-state index in [0.717, 1.165) is 35.0 Å². The molecule has 3 rings (SSSR count). The lowest BCUT2D eigenvalue weighted by molar-refractivity contribution is 0.702. The van der Waals surface area contributed by atoms with E-state index in [0.29, 0.717) is 6.54 Å². The van der Waals surface area contributed by atoms with Gasteiger partial charge in [-0.15, -0.1) is 11.3 Å². The van der Waals surface area contributed by atoms with Crippen LogP contribution in [0.2, 0.25) is 0 Å². The third kappa shape index (κ3) is 2.15. The Bertz CT molecular complexity index is 698. The van der Waals surface area contributed by atoms with Crippen LogP contribution in [-0.4, -0.2) is 14.5 Å². The molecule has 19 heavy (non-hydrogen) atoms. The van der Waals surface area contributed by atoms with Gasteiger partial charge in [-0.3, -0.25) is 0 Å². The zero-order chi connectivity index (χ0) is 13.2. The molecule has 0 spiro atoms. The minimum absolute atomic E-state index is 0.485. The van der Waals surface area contributed by atoms with Gasteiger partial charge in [-0.25, -0.2) is 9.97 Å². The van der Waals surface area contributed by atoms with Gasteiger partial charge in [0.05, 0.1) is 11.0 Å². The number of hydrogen-bond acceptors (Lipinski definition) is 4. The Morgan fingerprint density at radius 3 is 2.84 bits per heavy atom. The molecule has 0 atom stereocenters. The number of para-hydroxylation sites is 2. The molecule has 0 saturated heterocycles.